The fourth-order valence-electron chi connectivity index (χ4n) is 3.31. The van der Waals surface area contributed by atoms with Crippen LogP contribution in [-0.2, 0) is 9.59 Å². The number of hydrogen-bond donors (Lipinski definition) is 1. The molecule has 0 saturated carbocycles. The van der Waals surface area contributed by atoms with Crippen LogP contribution in [-0.4, -0.2) is 59.1 Å². The lowest BCUT2D eigenvalue weighted by Crippen LogP contribution is -2.52. The van der Waals surface area contributed by atoms with E-state index in [-0.39, 0.29) is 31.0 Å². The van der Waals surface area contributed by atoms with Gasteiger partial charge in [0.15, 0.2) is 5.78 Å². The molecule has 0 radical (unpaired) electrons. The molecule has 1 fully saturated rings. The lowest BCUT2D eigenvalue weighted by atomic mass is 9.93. The lowest BCUT2D eigenvalue weighted by Gasteiger charge is -2.37. The van der Waals surface area contributed by atoms with Gasteiger partial charge in [-0.25, -0.2) is 8.78 Å². The van der Waals surface area contributed by atoms with Gasteiger partial charge in [-0.1, -0.05) is 18.2 Å². The number of piperidine rings is 1. The van der Waals surface area contributed by atoms with Gasteiger partial charge in [-0.2, -0.15) is 5.10 Å². The van der Waals surface area contributed by atoms with Gasteiger partial charge in [-0.3, -0.25) is 14.6 Å². The molecule has 2 aliphatic rings. The van der Waals surface area contributed by atoms with E-state index in [0.717, 1.165) is 0 Å². The molecule has 26 heavy (non-hydrogen) atoms. The average Bonchev–Trinajstić information content (AvgIpc) is 3.07. The largest absolute Gasteiger partial charge is 0.396 e. The number of aliphatic hydroxyl groups is 1. The van der Waals surface area contributed by atoms with E-state index in [2.05, 4.69) is 5.10 Å². The smallest absolute Gasteiger partial charge is 0.270 e. The number of amides is 1. The highest BCUT2D eigenvalue weighted by atomic mass is 19.3. The highest BCUT2D eigenvalue weighted by molar-refractivity contribution is 6.40. The predicted molar refractivity (Wildman–Crippen MR) is 92.2 cm³/mol. The number of Topliss-reactive ketones (excluding diaryl/α,β-unsaturated/α-hetero) is 1. The minimum atomic E-state index is -2.99. The number of rotatable bonds is 4. The van der Waals surface area contributed by atoms with E-state index in [1.807, 2.05) is 6.07 Å². The highest BCUT2D eigenvalue weighted by Crippen LogP contribution is 2.34. The number of anilines is 1. The van der Waals surface area contributed by atoms with Crippen molar-refractivity contribution in [1.82, 2.24) is 4.90 Å². The third-order valence-corrected chi connectivity index (χ3v) is 4.91. The van der Waals surface area contributed by atoms with Crippen molar-refractivity contribution in [3.05, 3.63) is 30.3 Å². The molecule has 8 heteroatoms. The fourth-order valence-corrected chi connectivity index (χ4v) is 3.31. The highest BCUT2D eigenvalue weighted by Gasteiger charge is 2.46. The first-order valence-corrected chi connectivity index (χ1v) is 8.53. The Morgan fingerprint density at radius 1 is 1.31 bits per heavy atom. The van der Waals surface area contributed by atoms with Gasteiger partial charge in [-0.15, -0.1) is 0 Å². The first-order chi connectivity index (χ1) is 12.3. The quantitative estimate of drug-likeness (QED) is 0.881. The van der Waals surface area contributed by atoms with Crippen LogP contribution in [0.15, 0.2) is 35.4 Å². The number of hydrazone groups is 1. The van der Waals surface area contributed by atoms with E-state index in [1.165, 1.54) is 16.8 Å². The van der Waals surface area contributed by atoms with Gasteiger partial charge in [0.25, 0.3) is 11.8 Å². The van der Waals surface area contributed by atoms with Crippen molar-refractivity contribution in [3.8, 4) is 0 Å². The van der Waals surface area contributed by atoms with Crippen molar-refractivity contribution in [2.45, 2.75) is 31.7 Å². The fraction of sp³-hybridized carbons (Fsp3) is 0.500. The van der Waals surface area contributed by atoms with Gasteiger partial charge >= 0.3 is 0 Å². The topological polar surface area (TPSA) is 73.2 Å². The Kier molecular flexibility index (Phi) is 5.04. The molecular formula is C18H21F2N3O3. The zero-order valence-electron chi connectivity index (χ0n) is 14.4. The molecule has 1 N–H and O–H groups in total. The van der Waals surface area contributed by atoms with E-state index >= 15 is 0 Å². The van der Waals surface area contributed by atoms with Crippen LogP contribution in [0.1, 0.15) is 19.8 Å². The van der Waals surface area contributed by atoms with Crippen LogP contribution in [0, 0.1) is 5.92 Å². The monoisotopic (exact) mass is 365 g/mol. The SMILES string of the molecule is CC(=O)C1CC(C(=O)N2CCC(F)(F)C(CO)C2)=NN1c1ccccc1. The minimum Gasteiger partial charge on any atom is -0.396 e. The normalized spacial score (nSPS) is 25.2. The zero-order valence-corrected chi connectivity index (χ0v) is 14.4. The summed E-state index contributed by atoms with van der Waals surface area (Å²) >= 11 is 0. The molecule has 6 nitrogen and oxygen atoms in total. The van der Waals surface area contributed by atoms with Crippen molar-refractivity contribution in [2.24, 2.45) is 11.0 Å². The number of benzene rings is 1. The number of likely N-dealkylation sites (tertiary alicyclic amines) is 1. The molecule has 1 amide bonds. The Morgan fingerprint density at radius 2 is 2.00 bits per heavy atom. The van der Waals surface area contributed by atoms with E-state index < -0.39 is 36.8 Å². The first-order valence-electron chi connectivity index (χ1n) is 8.53. The summed E-state index contributed by atoms with van der Waals surface area (Å²) < 4.78 is 27.5. The first kappa shape index (κ1) is 18.4. The summed E-state index contributed by atoms with van der Waals surface area (Å²) in [5.74, 6) is -4.85. The summed E-state index contributed by atoms with van der Waals surface area (Å²) in [5, 5.41) is 15.0. The Morgan fingerprint density at radius 3 is 2.62 bits per heavy atom. The van der Waals surface area contributed by atoms with Gasteiger partial charge in [-0.05, 0) is 19.1 Å². The summed E-state index contributed by atoms with van der Waals surface area (Å²) in [6, 6.07) is 8.44. The van der Waals surface area contributed by atoms with Gasteiger partial charge in [0.05, 0.1) is 18.2 Å². The summed E-state index contributed by atoms with van der Waals surface area (Å²) in [6.45, 7) is 0.428. The summed E-state index contributed by atoms with van der Waals surface area (Å²) in [4.78, 5) is 26.0. The molecule has 3 rings (SSSR count). The Balaban J connectivity index is 1.80. The standard InChI is InChI=1S/C18H21F2N3O3/c1-12(25)16-9-15(21-23(16)14-5-3-2-4-6-14)17(26)22-8-7-18(19,20)13(10-22)11-24/h2-6,13,16,24H,7-11H2,1H3. The lowest BCUT2D eigenvalue weighted by molar-refractivity contribution is -0.143. The maximum atomic E-state index is 13.8. The molecule has 0 aliphatic carbocycles. The van der Waals surface area contributed by atoms with Crippen LogP contribution >= 0.6 is 0 Å². The number of carbonyl (C=O) groups is 2. The third-order valence-electron chi connectivity index (χ3n) is 4.91. The average molecular weight is 365 g/mol. The van der Waals surface area contributed by atoms with Crippen LogP contribution in [0.25, 0.3) is 0 Å². The number of para-hydroxylation sites is 1. The number of carbonyl (C=O) groups excluding carboxylic acids is 2. The van der Waals surface area contributed by atoms with Gasteiger partial charge < -0.3 is 10.0 Å². The van der Waals surface area contributed by atoms with Crippen molar-refractivity contribution >= 4 is 23.1 Å². The Labute approximate surface area is 150 Å². The Bertz CT molecular complexity index is 724. The molecule has 0 aromatic heterocycles. The summed E-state index contributed by atoms with van der Waals surface area (Å²) in [5.41, 5.74) is 0.866. The van der Waals surface area contributed by atoms with Crippen molar-refractivity contribution in [2.75, 3.05) is 24.7 Å². The molecule has 1 aromatic carbocycles. The van der Waals surface area contributed by atoms with Crippen LogP contribution in [0.4, 0.5) is 14.5 Å². The van der Waals surface area contributed by atoms with E-state index in [4.69, 9.17) is 0 Å². The summed E-state index contributed by atoms with van der Waals surface area (Å²) in [7, 11) is 0. The van der Waals surface area contributed by atoms with Crippen molar-refractivity contribution in [3.63, 3.8) is 0 Å². The van der Waals surface area contributed by atoms with Gasteiger partial charge in [0.2, 0.25) is 0 Å². The van der Waals surface area contributed by atoms with Crippen LogP contribution in [0.2, 0.25) is 0 Å². The second kappa shape index (κ2) is 7.11. The number of hydrogen-bond acceptors (Lipinski definition) is 5. The van der Waals surface area contributed by atoms with Gasteiger partial charge in [0, 0.05) is 25.9 Å². The molecule has 2 unspecified atom stereocenters. The summed E-state index contributed by atoms with van der Waals surface area (Å²) in [6.07, 6.45) is -0.352. The maximum absolute atomic E-state index is 13.8. The minimum absolute atomic E-state index is 0.0998. The number of ketones is 1. The maximum Gasteiger partial charge on any atom is 0.270 e. The van der Waals surface area contributed by atoms with Crippen molar-refractivity contribution < 1.29 is 23.5 Å². The van der Waals surface area contributed by atoms with E-state index in [1.54, 1.807) is 24.3 Å². The van der Waals surface area contributed by atoms with Crippen molar-refractivity contribution in [1.29, 1.82) is 0 Å². The third kappa shape index (κ3) is 3.46. The van der Waals surface area contributed by atoms with E-state index in [9.17, 15) is 23.5 Å². The molecule has 0 bridgehead atoms. The number of alkyl halides is 2. The molecule has 2 heterocycles. The molecule has 1 aromatic rings. The van der Waals surface area contributed by atoms with Gasteiger partial charge in [0.1, 0.15) is 11.8 Å². The molecular weight excluding hydrogens is 344 g/mol. The van der Waals surface area contributed by atoms with Crippen LogP contribution in [0.5, 0.6) is 0 Å². The van der Waals surface area contributed by atoms with E-state index in [0.29, 0.717) is 5.69 Å². The second-order valence-corrected chi connectivity index (χ2v) is 6.70. The molecule has 0 spiro atoms. The Hall–Kier alpha value is -2.35. The molecule has 2 atom stereocenters. The van der Waals surface area contributed by atoms with Crippen LogP contribution in [0.3, 0.4) is 0 Å². The molecule has 140 valence electrons. The van der Waals surface area contributed by atoms with Crippen LogP contribution < -0.4 is 5.01 Å². The predicted octanol–water partition coefficient (Wildman–Crippen LogP) is 1.69. The number of nitrogens with zero attached hydrogens (tertiary/aromatic N) is 3. The molecule has 2 aliphatic heterocycles. The number of aliphatic hydroxyl groups excluding tert-OH is 1. The molecule has 1 saturated heterocycles. The zero-order chi connectivity index (χ0) is 18.9. The number of halogens is 2. The second-order valence-electron chi connectivity index (χ2n) is 6.70.